The standard InChI is InChI=1S/C62H130N2.2BrH/c1-9-13-17-21-23-25-27-29-31-33-35-37-39-41-47-53-59-63(7,57-51-45-19-15-11-3)61(5)55-49-43-44-50-56-62(6)64(8,58-52-46-20-16-12-4)60-54-48-42-40-38-36-34-32-30-28-26-24-22-18-14-10-2;;/h61-62H,9-60H2,1-8H3;2*1H/q+2;;/p-2. The monoisotopic (exact) mass is 1060 g/mol. The number of nitrogens with zero attached hydrogens (tertiary/aromatic N) is 2. The molecule has 0 aliphatic carbocycles. The van der Waals surface area contributed by atoms with Crippen LogP contribution in [0.3, 0.4) is 0 Å². The van der Waals surface area contributed by atoms with Gasteiger partial charge in [-0.1, -0.05) is 259 Å². The third-order valence-electron chi connectivity index (χ3n) is 16.7. The maximum atomic E-state index is 2.65. The van der Waals surface area contributed by atoms with E-state index in [1.807, 2.05) is 0 Å². The normalized spacial score (nSPS) is 14.4. The molecular weight excluding hydrogens is 933 g/mol. The summed E-state index contributed by atoms with van der Waals surface area (Å²) >= 11 is 0. The molecule has 0 heterocycles. The van der Waals surface area contributed by atoms with Crippen molar-refractivity contribution < 1.29 is 42.9 Å². The van der Waals surface area contributed by atoms with Gasteiger partial charge in [0.25, 0.3) is 0 Å². The number of hydrogen-bond donors (Lipinski definition) is 0. The van der Waals surface area contributed by atoms with Crippen LogP contribution in [0.15, 0.2) is 0 Å². The van der Waals surface area contributed by atoms with Crippen LogP contribution in [0.2, 0.25) is 0 Å². The average Bonchev–Trinajstić information content (AvgIpc) is 3.29. The Morgan fingerprint density at radius 1 is 0.212 bits per heavy atom. The number of halogens is 2. The molecule has 0 aliphatic heterocycles. The Morgan fingerprint density at radius 2 is 0.348 bits per heavy atom. The summed E-state index contributed by atoms with van der Waals surface area (Å²) < 4.78 is 2.68. The molecule has 0 saturated heterocycles. The Hall–Kier alpha value is 0.880. The molecule has 4 atom stereocenters. The first-order chi connectivity index (χ1) is 31.3. The molecular formula is C62H130Br2N2. The zero-order chi connectivity index (χ0) is 46.9. The van der Waals surface area contributed by atoms with Gasteiger partial charge in [-0.3, -0.25) is 0 Å². The summed E-state index contributed by atoms with van der Waals surface area (Å²) in [6.07, 6.45) is 69.8. The topological polar surface area (TPSA) is 0 Å². The van der Waals surface area contributed by atoms with Crippen molar-refractivity contribution in [2.75, 3.05) is 40.3 Å². The van der Waals surface area contributed by atoms with Crippen molar-refractivity contribution >= 4 is 0 Å². The first-order valence-electron chi connectivity index (χ1n) is 31.0. The van der Waals surface area contributed by atoms with Gasteiger partial charge in [0.05, 0.1) is 52.4 Å². The van der Waals surface area contributed by atoms with E-state index >= 15 is 0 Å². The number of unbranched alkanes of at least 4 members (excludes halogenated alkanes) is 41. The second kappa shape index (κ2) is 55.2. The first kappa shape index (κ1) is 71.1. The van der Waals surface area contributed by atoms with E-state index in [1.54, 1.807) is 0 Å². The molecule has 66 heavy (non-hydrogen) atoms. The molecule has 0 spiro atoms. The number of hydrogen-bond acceptors (Lipinski definition) is 0. The minimum Gasteiger partial charge on any atom is -1.00 e. The molecule has 4 unspecified atom stereocenters. The fourth-order valence-corrected chi connectivity index (χ4v) is 11.2. The lowest BCUT2D eigenvalue weighted by atomic mass is 10.00. The molecule has 0 N–H and O–H groups in total. The van der Waals surface area contributed by atoms with E-state index in [9.17, 15) is 0 Å². The smallest absolute Gasteiger partial charge is 0.0859 e. The lowest BCUT2D eigenvalue weighted by Gasteiger charge is -2.41. The van der Waals surface area contributed by atoms with Crippen LogP contribution in [0.25, 0.3) is 0 Å². The van der Waals surface area contributed by atoms with Crippen LogP contribution in [-0.4, -0.2) is 61.3 Å². The van der Waals surface area contributed by atoms with Crippen molar-refractivity contribution in [2.45, 2.75) is 362 Å². The Morgan fingerprint density at radius 3 is 0.515 bits per heavy atom. The highest BCUT2D eigenvalue weighted by molar-refractivity contribution is 4.61. The molecule has 0 radical (unpaired) electrons. The Labute approximate surface area is 442 Å². The van der Waals surface area contributed by atoms with Crippen LogP contribution in [0.4, 0.5) is 0 Å². The third-order valence-corrected chi connectivity index (χ3v) is 16.7. The predicted octanol–water partition coefficient (Wildman–Crippen LogP) is 15.5. The van der Waals surface area contributed by atoms with Gasteiger partial charge in [-0.05, 0) is 90.9 Å². The van der Waals surface area contributed by atoms with E-state index in [2.05, 4.69) is 55.6 Å². The highest BCUT2D eigenvalue weighted by Gasteiger charge is 2.29. The Balaban J connectivity index is -0.0000198. The molecule has 0 bridgehead atoms. The van der Waals surface area contributed by atoms with Gasteiger partial charge < -0.3 is 42.9 Å². The van der Waals surface area contributed by atoms with Gasteiger partial charge in [-0.25, -0.2) is 0 Å². The summed E-state index contributed by atoms with van der Waals surface area (Å²) in [5, 5.41) is 0. The van der Waals surface area contributed by atoms with E-state index in [0.29, 0.717) is 0 Å². The van der Waals surface area contributed by atoms with Crippen molar-refractivity contribution in [3.05, 3.63) is 0 Å². The van der Waals surface area contributed by atoms with Gasteiger partial charge in [0.2, 0.25) is 0 Å². The number of quaternary nitrogens is 2. The molecule has 2 nitrogen and oxygen atoms in total. The van der Waals surface area contributed by atoms with Crippen molar-refractivity contribution in [3.63, 3.8) is 0 Å². The van der Waals surface area contributed by atoms with Gasteiger partial charge in [-0.2, -0.15) is 0 Å². The minimum absolute atomic E-state index is 0. The highest BCUT2D eigenvalue weighted by Crippen LogP contribution is 2.25. The Bertz CT molecular complexity index is 814. The molecule has 0 aromatic carbocycles. The van der Waals surface area contributed by atoms with Crippen molar-refractivity contribution in [1.82, 2.24) is 0 Å². The predicted molar refractivity (Wildman–Crippen MR) is 295 cm³/mol. The molecule has 0 saturated carbocycles. The van der Waals surface area contributed by atoms with Gasteiger partial charge in [0.1, 0.15) is 0 Å². The van der Waals surface area contributed by atoms with Crippen LogP contribution < -0.4 is 34.0 Å². The largest absolute Gasteiger partial charge is 1.00 e. The lowest BCUT2D eigenvalue weighted by Crippen LogP contribution is -3.00. The van der Waals surface area contributed by atoms with Gasteiger partial charge in [0.15, 0.2) is 0 Å². The van der Waals surface area contributed by atoms with Crippen molar-refractivity contribution in [3.8, 4) is 0 Å². The summed E-state index contributed by atoms with van der Waals surface area (Å²) in [5.41, 5.74) is 0. The quantitative estimate of drug-likeness (QED) is 0.0421. The fourth-order valence-electron chi connectivity index (χ4n) is 11.2. The van der Waals surface area contributed by atoms with E-state index < -0.39 is 0 Å². The van der Waals surface area contributed by atoms with Crippen LogP contribution in [0, 0.1) is 0 Å². The molecule has 0 aromatic rings. The zero-order valence-electron chi connectivity index (χ0n) is 47.6. The molecule has 0 aliphatic rings. The summed E-state index contributed by atoms with van der Waals surface area (Å²) in [4.78, 5) is 0. The van der Waals surface area contributed by atoms with Crippen LogP contribution in [-0.2, 0) is 0 Å². The molecule has 4 heteroatoms. The Kier molecular flexibility index (Phi) is 59.5. The van der Waals surface area contributed by atoms with Gasteiger partial charge in [0, 0.05) is 0 Å². The molecule has 0 aromatic heterocycles. The summed E-state index contributed by atoms with van der Waals surface area (Å²) in [7, 11) is 5.30. The van der Waals surface area contributed by atoms with Crippen LogP contribution >= 0.6 is 0 Å². The fraction of sp³-hybridized carbons (Fsp3) is 1.00. The average molecular weight is 1060 g/mol. The molecule has 402 valence electrons. The van der Waals surface area contributed by atoms with Gasteiger partial charge in [-0.15, -0.1) is 0 Å². The van der Waals surface area contributed by atoms with E-state index in [-0.39, 0.29) is 34.0 Å². The maximum absolute atomic E-state index is 2.65. The SMILES string of the molecule is CCCCCCCCCCCCCCCCCC[N+](C)(CCCCCCC)C(C)CCCCCCC(C)[N+](C)(CCCCCCC)CCCCCCCCCCCCCCCCCC.[Br-].[Br-]. The van der Waals surface area contributed by atoms with Crippen molar-refractivity contribution in [2.24, 2.45) is 0 Å². The van der Waals surface area contributed by atoms with Crippen LogP contribution in [0.5, 0.6) is 0 Å². The first-order valence-corrected chi connectivity index (χ1v) is 31.0. The van der Waals surface area contributed by atoms with Gasteiger partial charge >= 0.3 is 0 Å². The van der Waals surface area contributed by atoms with E-state index in [1.165, 1.54) is 343 Å². The zero-order valence-corrected chi connectivity index (χ0v) is 50.7. The maximum Gasteiger partial charge on any atom is 0.0859 e. The second-order valence-corrected chi connectivity index (χ2v) is 23.0. The third kappa shape index (κ3) is 46.0. The summed E-state index contributed by atoms with van der Waals surface area (Å²) in [5.74, 6) is 0. The van der Waals surface area contributed by atoms with E-state index in [4.69, 9.17) is 0 Å². The number of rotatable bonds is 55. The summed E-state index contributed by atoms with van der Waals surface area (Å²) in [6.45, 7) is 20.3. The molecule has 0 fully saturated rings. The van der Waals surface area contributed by atoms with Crippen molar-refractivity contribution in [1.29, 1.82) is 0 Å². The molecule has 0 amide bonds. The minimum atomic E-state index is 0. The highest BCUT2D eigenvalue weighted by atomic mass is 79.9. The second-order valence-electron chi connectivity index (χ2n) is 23.0. The van der Waals surface area contributed by atoms with E-state index in [0.717, 1.165) is 12.1 Å². The molecule has 0 rings (SSSR count). The lowest BCUT2D eigenvalue weighted by molar-refractivity contribution is -0.932. The van der Waals surface area contributed by atoms with Crippen LogP contribution in [0.1, 0.15) is 350 Å². The summed E-state index contributed by atoms with van der Waals surface area (Å²) in [6, 6.07) is 1.63.